The predicted octanol–water partition coefficient (Wildman–Crippen LogP) is 2.36. The lowest BCUT2D eigenvalue weighted by atomic mass is 10.2. The molecule has 3 aromatic rings. The van der Waals surface area contributed by atoms with E-state index >= 15 is 0 Å². The molecule has 2 heterocycles. The van der Waals surface area contributed by atoms with E-state index < -0.39 is 17.3 Å². The number of carbonyl (C=O) groups is 1. The highest BCUT2D eigenvalue weighted by molar-refractivity contribution is 5.91. The summed E-state index contributed by atoms with van der Waals surface area (Å²) in [6.07, 6.45) is 3.17. The van der Waals surface area contributed by atoms with Crippen LogP contribution in [-0.4, -0.2) is 25.7 Å². The van der Waals surface area contributed by atoms with Crippen LogP contribution >= 0.6 is 0 Å². The van der Waals surface area contributed by atoms with Crippen LogP contribution in [0.5, 0.6) is 11.6 Å². The number of halogens is 1. The van der Waals surface area contributed by atoms with Gasteiger partial charge in [0.2, 0.25) is 5.88 Å². The zero-order valence-electron chi connectivity index (χ0n) is 10.0. The lowest BCUT2D eigenvalue weighted by Gasteiger charge is -2.08. The fraction of sp³-hybridized carbons (Fsp3) is 0. The average molecular weight is 273 g/mol. The van der Waals surface area contributed by atoms with Gasteiger partial charge in [0.1, 0.15) is 17.1 Å². The first-order valence-electron chi connectivity index (χ1n) is 5.65. The summed E-state index contributed by atoms with van der Waals surface area (Å²) in [7, 11) is 0. The van der Waals surface area contributed by atoms with E-state index in [2.05, 4.69) is 10.1 Å². The summed E-state index contributed by atoms with van der Waals surface area (Å²) in [5, 5.41) is 13.0. The molecule has 0 unspecified atom stereocenters. The van der Waals surface area contributed by atoms with E-state index in [0.29, 0.717) is 5.65 Å². The molecule has 0 radical (unpaired) electrons. The maximum absolute atomic E-state index is 13.5. The van der Waals surface area contributed by atoms with Crippen molar-refractivity contribution in [3.05, 3.63) is 54.1 Å². The number of carboxylic acid groups (broad SMARTS) is 1. The molecule has 6 nitrogen and oxygen atoms in total. The summed E-state index contributed by atoms with van der Waals surface area (Å²) in [5.74, 6) is -2.20. The number of aromatic carboxylic acids is 1. The molecule has 20 heavy (non-hydrogen) atoms. The van der Waals surface area contributed by atoms with Gasteiger partial charge < -0.3 is 9.84 Å². The first-order chi connectivity index (χ1) is 9.65. The number of nitrogens with zero attached hydrogens (tertiary/aromatic N) is 3. The summed E-state index contributed by atoms with van der Waals surface area (Å²) in [6, 6.07) is 6.97. The predicted molar refractivity (Wildman–Crippen MR) is 66.4 cm³/mol. The summed E-state index contributed by atoms with van der Waals surface area (Å²) in [6.45, 7) is 0. The maximum atomic E-state index is 13.5. The number of aromatic nitrogens is 3. The Bertz CT molecular complexity index is 800. The molecule has 0 saturated heterocycles. The van der Waals surface area contributed by atoms with Crippen LogP contribution in [0.15, 0.2) is 42.7 Å². The minimum Gasteiger partial charge on any atom is -0.477 e. The van der Waals surface area contributed by atoms with Crippen LogP contribution < -0.4 is 4.74 Å². The van der Waals surface area contributed by atoms with Gasteiger partial charge in [0.25, 0.3) is 0 Å². The molecule has 0 atom stereocenters. The van der Waals surface area contributed by atoms with Crippen LogP contribution in [0.3, 0.4) is 0 Å². The maximum Gasteiger partial charge on any atom is 0.342 e. The minimum atomic E-state index is -1.40. The highest BCUT2D eigenvalue weighted by atomic mass is 19.1. The van der Waals surface area contributed by atoms with Crippen LogP contribution in [0.4, 0.5) is 4.39 Å². The second-order valence-electron chi connectivity index (χ2n) is 3.92. The molecule has 0 bridgehead atoms. The van der Waals surface area contributed by atoms with Gasteiger partial charge in [0.05, 0.1) is 6.20 Å². The normalized spacial score (nSPS) is 10.7. The van der Waals surface area contributed by atoms with Crippen molar-refractivity contribution in [2.24, 2.45) is 0 Å². The number of ether oxygens (including phenoxy) is 1. The van der Waals surface area contributed by atoms with Crippen molar-refractivity contribution in [1.82, 2.24) is 14.6 Å². The fourth-order valence-corrected chi connectivity index (χ4v) is 1.76. The molecule has 0 saturated carbocycles. The smallest absolute Gasteiger partial charge is 0.342 e. The molecule has 3 rings (SSSR count). The molecule has 0 amide bonds. The van der Waals surface area contributed by atoms with Crippen LogP contribution in [0.25, 0.3) is 5.65 Å². The van der Waals surface area contributed by atoms with E-state index in [1.54, 1.807) is 18.5 Å². The molecule has 2 aromatic heterocycles. The van der Waals surface area contributed by atoms with E-state index in [1.807, 2.05) is 0 Å². The molecular formula is C13H8FN3O3. The number of carboxylic acids is 1. The van der Waals surface area contributed by atoms with Crippen molar-refractivity contribution < 1.29 is 19.0 Å². The largest absolute Gasteiger partial charge is 0.477 e. The van der Waals surface area contributed by atoms with Gasteiger partial charge in [-0.3, -0.25) is 0 Å². The Morgan fingerprint density at radius 3 is 2.95 bits per heavy atom. The Morgan fingerprint density at radius 1 is 1.30 bits per heavy atom. The van der Waals surface area contributed by atoms with Crippen molar-refractivity contribution in [1.29, 1.82) is 0 Å². The Morgan fingerprint density at radius 2 is 2.15 bits per heavy atom. The van der Waals surface area contributed by atoms with Crippen LogP contribution in [0, 0.1) is 5.82 Å². The molecule has 100 valence electrons. The fourth-order valence-electron chi connectivity index (χ4n) is 1.76. The van der Waals surface area contributed by atoms with Gasteiger partial charge in [-0.1, -0.05) is 6.07 Å². The SMILES string of the molecule is O=C(O)c1c(F)cccc1Oc1ccn2nccc2n1. The van der Waals surface area contributed by atoms with Crippen molar-refractivity contribution in [3.63, 3.8) is 0 Å². The molecule has 0 aliphatic carbocycles. The lowest BCUT2D eigenvalue weighted by Crippen LogP contribution is -2.04. The van der Waals surface area contributed by atoms with Gasteiger partial charge in [-0.2, -0.15) is 10.1 Å². The topological polar surface area (TPSA) is 76.7 Å². The van der Waals surface area contributed by atoms with Gasteiger partial charge in [-0.15, -0.1) is 0 Å². The zero-order valence-corrected chi connectivity index (χ0v) is 10.0. The molecule has 0 fully saturated rings. The molecule has 0 aliphatic heterocycles. The molecule has 1 N–H and O–H groups in total. The molecule has 1 aromatic carbocycles. The van der Waals surface area contributed by atoms with E-state index in [9.17, 15) is 9.18 Å². The number of benzene rings is 1. The van der Waals surface area contributed by atoms with Crippen LogP contribution in [0.2, 0.25) is 0 Å². The van der Waals surface area contributed by atoms with Crippen molar-refractivity contribution in [3.8, 4) is 11.6 Å². The Labute approximate surface area is 112 Å². The molecular weight excluding hydrogens is 265 g/mol. The standard InChI is InChI=1S/C13H8FN3O3/c14-8-2-1-3-9(12(8)13(18)19)20-11-5-7-17-10(16-11)4-6-15-17/h1-7H,(H,18,19). The van der Waals surface area contributed by atoms with E-state index in [-0.39, 0.29) is 11.6 Å². The summed E-state index contributed by atoms with van der Waals surface area (Å²) in [5.41, 5.74) is 0.0125. The average Bonchev–Trinajstić information content (AvgIpc) is 2.85. The second-order valence-corrected chi connectivity index (χ2v) is 3.92. The third kappa shape index (κ3) is 2.05. The van der Waals surface area contributed by atoms with Crippen LogP contribution in [-0.2, 0) is 0 Å². The quantitative estimate of drug-likeness (QED) is 0.792. The Kier molecular flexibility index (Phi) is 2.79. The van der Waals surface area contributed by atoms with Gasteiger partial charge in [0.15, 0.2) is 5.65 Å². The van der Waals surface area contributed by atoms with Gasteiger partial charge in [-0.25, -0.2) is 13.7 Å². The van der Waals surface area contributed by atoms with E-state index in [1.165, 1.54) is 22.7 Å². The first-order valence-corrected chi connectivity index (χ1v) is 5.65. The lowest BCUT2D eigenvalue weighted by molar-refractivity contribution is 0.0689. The highest BCUT2D eigenvalue weighted by Gasteiger charge is 2.17. The minimum absolute atomic E-state index is 0.103. The molecule has 7 heteroatoms. The monoisotopic (exact) mass is 273 g/mol. The first kappa shape index (κ1) is 12.1. The highest BCUT2D eigenvalue weighted by Crippen LogP contribution is 2.26. The van der Waals surface area contributed by atoms with Crippen molar-refractivity contribution in [2.45, 2.75) is 0 Å². The Balaban J connectivity index is 2.02. The van der Waals surface area contributed by atoms with Gasteiger partial charge >= 0.3 is 5.97 Å². The van der Waals surface area contributed by atoms with Crippen molar-refractivity contribution >= 4 is 11.6 Å². The van der Waals surface area contributed by atoms with E-state index in [4.69, 9.17) is 9.84 Å². The second kappa shape index (κ2) is 4.61. The summed E-state index contributed by atoms with van der Waals surface area (Å²) >= 11 is 0. The number of fused-ring (bicyclic) bond motifs is 1. The summed E-state index contributed by atoms with van der Waals surface area (Å²) in [4.78, 5) is 15.2. The molecule has 0 aliphatic rings. The number of hydrogen-bond acceptors (Lipinski definition) is 4. The summed E-state index contributed by atoms with van der Waals surface area (Å²) < 4.78 is 20.4. The van der Waals surface area contributed by atoms with Crippen molar-refractivity contribution in [2.75, 3.05) is 0 Å². The zero-order chi connectivity index (χ0) is 14.1. The number of hydrogen-bond donors (Lipinski definition) is 1. The third-order valence-electron chi connectivity index (χ3n) is 2.64. The van der Waals surface area contributed by atoms with Crippen LogP contribution in [0.1, 0.15) is 10.4 Å². The van der Waals surface area contributed by atoms with E-state index in [0.717, 1.165) is 6.07 Å². The molecule has 0 spiro atoms. The number of rotatable bonds is 3. The third-order valence-corrected chi connectivity index (χ3v) is 2.64. The van der Waals surface area contributed by atoms with Gasteiger partial charge in [0, 0.05) is 18.3 Å². The van der Waals surface area contributed by atoms with Gasteiger partial charge in [-0.05, 0) is 12.1 Å². The Hall–Kier alpha value is -2.96.